The second kappa shape index (κ2) is 8.88. The van der Waals surface area contributed by atoms with Gasteiger partial charge in [-0.05, 0) is 45.7 Å². The van der Waals surface area contributed by atoms with Crippen molar-refractivity contribution in [2.24, 2.45) is 0 Å². The molecule has 0 aliphatic heterocycles. The smallest absolute Gasteiger partial charge is 0.407 e. The quantitative estimate of drug-likeness (QED) is 0.587. The van der Waals surface area contributed by atoms with E-state index in [1.165, 1.54) is 0 Å². The highest BCUT2D eigenvalue weighted by Gasteiger charge is 2.31. The van der Waals surface area contributed by atoms with Crippen LogP contribution in [0.2, 0.25) is 0 Å². The molecule has 0 radical (unpaired) electrons. The maximum atomic E-state index is 11.8. The van der Waals surface area contributed by atoms with Crippen molar-refractivity contribution in [1.29, 1.82) is 0 Å². The molecule has 4 N–H and O–H groups in total. The van der Waals surface area contributed by atoms with Gasteiger partial charge in [-0.2, -0.15) is 0 Å². The average molecular weight is 376 g/mol. The molecular weight excluding hydrogens is 342 g/mol. The number of hydrogen-bond acceptors (Lipinski definition) is 6. The first-order chi connectivity index (χ1) is 12.7. The maximum Gasteiger partial charge on any atom is 0.407 e. The standard InChI is InChI=1S/C20H33N5O2/c1-20(2,3)27-19(26)24-15-11-14(12-15)23-13-18(22-5)25(6)17-10-8-7-9-16(17)21-4/h7-10,13-15,21-23H,11-12H2,1-6H3,(H,24,26)/b18-13+. The number of nitrogens with one attached hydrogen (secondary N) is 4. The number of carbonyl (C=O) groups is 1. The molecule has 0 unspecified atom stereocenters. The molecule has 0 aromatic heterocycles. The molecule has 1 aromatic carbocycles. The summed E-state index contributed by atoms with van der Waals surface area (Å²) in [5, 5.41) is 12.8. The first kappa shape index (κ1) is 20.7. The van der Waals surface area contributed by atoms with Crippen LogP contribution in [0.4, 0.5) is 16.2 Å². The van der Waals surface area contributed by atoms with Crippen molar-refractivity contribution in [3.8, 4) is 0 Å². The lowest BCUT2D eigenvalue weighted by Crippen LogP contribution is -2.52. The predicted octanol–water partition coefficient (Wildman–Crippen LogP) is 2.83. The second-order valence-electron chi connectivity index (χ2n) is 7.78. The number of amides is 1. The molecular formula is C20H33N5O2. The van der Waals surface area contributed by atoms with Crippen molar-refractivity contribution in [1.82, 2.24) is 16.0 Å². The summed E-state index contributed by atoms with van der Waals surface area (Å²) in [6.45, 7) is 5.60. The third-order valence-corrected chi connectivity index (χ3v) is 4.47. The average Bonchev–Trinajstić information content (AvgIpc) is 2.57. The molecule has 0 saturated heterocycles. The van der Waals surface area contributed by atoms with E-state index in [1.807, 2.05) is 66.3 Å². The van der Waals surface area contributed by atoms with Crippen LogP contribution in [0, 0.1) is 0 Å². The van der Waals surface area contributed by atoms with E-state index in [0.717, 1.165) is 30.0 Å². The Morgan fingerprint density at radius 3 is 2.44 bits per heavy atom. The fourth-order valence-corrected chi connectivity index (χ4v) is 2.99. The second-order valence-corrected chi connectivity index (χ2v) is 7.78. The van der Waals surface area contributed by atoms with Crippen molar-refractivity contribution in [2.45, 2.75) is 51.3 Å². The minimum absolute atomic E-state index is 0.159. The third-order valence-electron chi connectivity index (χ3n) is 4.47. The van der Waals surface area contributed by atoms with Gasteiger partial charge in [0.2, 0.25) is 0 Å². The Kier molecular flexibility index (Phi) is 6.82. The number of nitrogens with zero attached hydrogens (tertiary/aromatic N) is 1. The van der Waals surface area contributed by atoms with Crippen LogP contribution in [0.1, 0.15) is 33.6 Å². The highest BCUT2D eigenvalue weighted by atomic mass is 16.6. The first-order valence-electron chi connectivity index (χ1n) is 9.37. The van der Waals surface area contributed by atoms with Gasteiger partial charge in [0.25, 0.3) is 0 Å². The summed E-state index contributed by atoms with van der Waals surface area (Å²) >= 11 is 0. The van der Waals surface area contributed by atoms with E-state index >= 15 is 0 Å². The lowest BCUT2D eigenvalue weighted by atomic mass is 9.87. The third kappa shape index (κ3) is 5.98. The van der Waals surface area contributed by atoms with Crippen LogP contribution in [0.25, 0.3) is 0 Å². The summed E-state index contributed by atoms with van der Waals surface area (Å²) in [4.78, 5) is 13.9. The van der Waals surface area contributed by atoms with Gasteiger partial charge in [-0.3, -0.25) is 0 Å². The first-order valence-corrected chi connectivity index (χ1v) is 9.37. The molecule has 1 amide bonds. The van der Waals surface area contributed by atoms with Crippen LogP contribution in [-0.2, 0) is 4.74 Å². The van der Waals surface area contributed by atoms with E-state index in [4.69, 9.17) is 4.74 Å². The Labute approximate surface area is 162 Å². The summed E-state index contributed by atoms with van der Waals surface area (Å²) in [6.07, 6.45) is 3.40. The van der Waals surface area contributed by atoms with Gasteiger partial charge in [0, 0.05) is 39.4 Å². The molecule has 7 heteroatoms. The van der Waals surface area contributed by atoms with E-state index in [-0.39, 0.29) is 12.1 Å². The number of alkyl carbamates (subject to hydrolysis) is 1. The van der Waals surface area contributed by atoms with Gasteiger partial charge in [-0.1, -0.05) is 12.1 Å². The molecule has 150 valence electrons. The summed E-state index contributed by atoms with van der Waals surface area (Å²) in [6, 6.07) is 8.64. The Hall–Kier alpha value is -2.57. The van der Waals surface area contributed by atoms with Crippen LogP contribution in [-0.4, -0.2) is 44.9 Å². The van der Waals surface area contributed by atoms with Gasteiger partial charge in [0.15, 0.2) is 0 Å². The highest BCUT2D eigenvalue weighted by molar-refractivity contribution is 5.71. The fraction of sp³-hybridized carbons (Fsp3) is 0.550. The summed E-state index contributed by atoms with van der Waals surface area (Å²) in [5.74, 6) is 0.959. The van der Waals surface area contributed by atoms with Gasteiger partial charge in [-0.25, -0.2) is 4.79 Å². The van der Waals surface area contributed by atoms with Crippen LogP contribution in [0.5, 0.6) is 0 Å². The van der Waals surface area contributed by atoms with Crippen molar-refractivity contribution in [3.05, 3.63) is 36.3 Å². The molecule has 27 heavy (non-hydrogen) atoms. The topological polar surface area (TPSA) is 77.7 Å². The van der Waals surface area contributed by atoms with Gasteiger partial charge in [-0.15, -0.1) is 0 Å². The largest absolute Gasteiger partial charge is 0.444 e. The number of anilines is 2. The number of hydrogen-bond donors (Lipinski definition) is 4. The Bertz CT molecular complexity index is 663. The Morgan fingerprint density at radius 2 is 1.85 bits per heavy atom. The summed E-state index contributed by atoms with van der Waals surface area (Å²) in [7, 11) is 5.84. The maximum absolute atomic E-state index is 11.8. The van der Waals surface area contributed by atoms with E-state index in [0.29, 0.717) is 6.04 Å². The van der Waals surface area contributed by atoms with Gasteiger partial charge < -0.3 is 30.9 Å². The fourth-order valence-electron chi connectivity index (χ4n) is 2.99. The van der Waals surface area contributed by atoms with E-state index in [1.54, 1.807) is 0 Å². The monoisotopic (exact) mass is 375 g/mol. The molecule has 1 aromatic rings. The number of carbonyl (C=O) groups excluding carboxylic acids is 1. The lowest BCUT2D eigenvalue weighted by Gasteiger charge is -2.36. The van der Waals surface area contributed by atoms with Crippen LogP contribution in [0.3, 0.4) is 0 Å². The number of para-hydroxylation sites is 2. The van der Waals surface area contributed by atoms with Crippen molar-refractivity contribution < 1.29 is 9.53 Å². The number of rotatable bonds is 7. The SMILES string of the molecule is CN/C(=C\NC1CC(NC(=O)OC(C)(C)C)C1)N(C)c1ccccc1NC. The normalized spacial score (nSPS) is 19.6. The van der Waals surface area contributed by atoms with Gasteiger partial charge in [0.05, 0.1) is 11.4 Å². The minimum atomic E-state index is -0.468. The number of benzene rings is 1. The van der Waals surface area contributed by atoms with Crippen molar-refractivity contribution in [3.63, 3.8) is 0 Å². The molecule has 0 atom stereocenters. The van der Waals surface area contributed by atoms with Crippen LogP contribution >= 0.6 is 0 Å². The molecule has 0 spiro atoms. The Morgan fingerprint density at radius 1 is 1.19 bits per heavy atom. The van der Waals surface area contributed by atoms with E-state index in [9.17, 15) is 4.79 Å². The molecule has 1 aliphatic rings. The molecule has 1 fully saturated rings. The molecule has 7 nitrogen and oxygen atoms in total. The van der Waals surface area contributed by atoms with Gasteiger partial charge in [0.1, 0.15) is 11.4 Å². The zero-order valence-electron chi connectivity index (χ0n) is 17.2. The lowest BCUT2D eigenvalue weighted by molar-refractivity contribution is 0.0468. The van der Waals surface area contributed by atoms with Crippen molar-refractivity contribution in [2.75, 3.05) is 31.4 Å². The zero-order valence-corrected chi connectivity index (χ0v) is 17.2. The molecule has 1 aliphatic carbocycles. The van der Waals surface area contributed by atoms with E-state index < -0.39 is 5.60 Å². The highest BCUT2D eigenvalue weighted by Crippen LogP contribution is 2.26. The van der Waals surface area contributed by atoms with Crippen LogP contribution < -0.4 is 26.2 Å². The zero-order chi connectivity index (χ0) is 20.0. The minimum Gasteiger partial charge on any atom is -0.444 e. The predicted molar refractivity (Wildman–Crippen MR) is 111 cm³/mol. The van der Waals surface area contributed by atoms with Crippen LogP contribution in [0.15, 0.2) is 36.3 Å². The summed E-state index contributed by atoms with van der Waals surface area (Å²) in [5.41, 5.74) is 1.68. The number of ether oxygens (including phenoxy) is 1. The summed E-state index contributed by atoms with van der Waals surface area (Å²) < 4.78 is 5.29. The van der Waals surface area contributed by atoms with Crippen molar-refractivity contribution >= 4 is 17.5 Å². The molecule has 2 rings (SSSR count). The Balaban J connectivity index is 1.85. The van der Waals surface area contributed by atoms with E-state index in [2.05, 4.69) is 32.2 Å². The molecule has 0 bridgehead atoms. The van der Waals surface area contributed by atoms with Gasteiger partial charge >= 0.3 is 6.09 Å². The molecule has 1 saturated carbocycles. The molecule has 0 heterocycles.